The molecular weight excluding hydrogens is 537 g/mol. The standard InChI is InChI=1S/C21H25N9S.HI/c22-15-17-18(27-30(19(17)23)16-5-2-1-3-6-16)7-4-8-25-20(24)28-10-12-29(13-11-28)21-26-9-14-31-21;/h1-3,5-6,9,14H,4,7-8,10-13,23H2,(H2,24,25);1H. The molecule has 1 saturated heterocycles. The van der Waals surface area contributed by atoms with E-state index in [1.165, 1.54) is 0 Å². The molecule has 3 heterocycles. The van der Waals surface area contributed by atoms with Crippen molar-refractivity contribution < 1.29 is 0 Å². The molecule has 1 aromatic carbocycles. The lowest BCUT2D eigenvalue weighted by molar-refractivity contribution is 0.380. The van der Waals surface area contributed by atoms with Crippen molar-refractivity contribution in [2.45, 2.75) is 12.8 Å². The number of nitriles is 1. The normalized spacial score (nSPS) is 14.2. The molecule has 4 N–H and O–H groups in total. The maximum Gasteiger partial charge on any atom is 0.191 e. The first kappa shape index (κ1) is 23.8. The van der Waals surface area contributed by atoms with Crippen LogP contribution in [0.1, 0.15) is 17.7 Å². The highest BCUT2D eigenvalue weighted by atomic mass is 127. The number of nitrogen functional groups attached to an aromatic ring is 1. The predicted molar refractivity (Wildman–Crippen MR) is 139 cm³/mol. The number of nitrogens with zero attached hydrogens (tertiary/aromatic N) is 7. The van der Waals surface area contributed by atoms with Gasteiger partial charge in [-0.15, -0.1) is 35.3 Å². The summed E-state index contributed by atoms with van der Waals surface area (Å²) >= 11 is 1.65. The summed E-state index contributed by atoms with van der Waals surface area (Å²) in [5, 5.41) is 17.1. The molecule has 0 atom stereocenters. The minimum Gasteiger partial charge on any atom is -0.382 e. The zero-order chi connectivity index (χ0) is 21.6. The van der Waals surface area contributed by atoms with E-state index in [2.05, 4.69) is 30.9 Å². The third kappa shape index (κ3) is 5.31. The SMILES string of the molecule is I.N#Cc1c(CCCN=C(N)N2CCN(c3nccs3)CC2)nn(-c2ccccc2)c1N. The molecule has 11 heteroatoms. The maximum absolute atomic E-state index is 9.52. The third-order valence-corrected chi connectivity index (χ3v) is 6.08. The molecule has 0 unspecified atom stereocenters. The number of hydrogen-bond donors (Lipinski definition) is 2. The van der Waals surface area contributed by atoms with Gasteiger partial charge in [0.1, 0.15) is 17.5 Å². The van der Waals surface area contributed by atoms with E-state index >= 15 is 0 Å². The number of guanidine groups is 1. The molecule has 1 fully saturated rings. The molecule has 3 aromatic rings. The fourth-order valence-corrected chi connectivity index (χ4v) is 4.28. The quantitative estimate of drug-likeness (QED) is 0.204. The van der Waals surface area contributed by atoms with E-state index in [1.54, 1.807) is 16.0 Å². The molecule has 4 rings (SSSR count). The highest BCUT2D eigenvalue weighted by molar-refractivity contribution is 14.0. The number of thiazole rings is 1. The smallest absolute Gasteiger partial charge is 0.191 e. The van der Waals surface area contributed by atoms with Crippen molar-refractivity contribution in [3.05, 3.63) is 53.2 Å². The van der Waals surface area contributed by atoms with Crippen molar-refractivity contribution in [3.63, 3.8) is 0 Å². The molecule has 1 aliphatic heterocycles. The number of para-hydroxylation sites is 1. The summed E-state index contributed by atoms with van der Waals surface area (Å²) in [6, 6.07) is 11.8. The van der Waals surface area contributed by atoms with Gasteiger partial charge in [0.05, 0.1) is 11.4 Å². The van der Waals surface area contributed by atoms with Gasteiger partial charge < -0.3 is 21.3 Å². The van der Waals surface area contributed by atoms with Crippen molar-refractivity contribution >= 4 is 52.2 Å². The average Bonchev–Trinajstić information content (AvgIpc) is 3.45. The van der Waals surface area contributed by atoms with Crippen molar-refractivity contribution in [3.8, 4) is 11.8 Å². The number of benzene rings is 1. The van der Waals surface area contributed by atoms with Gasteiger partial charge in [0.25, 0.3) is 0 Å². The summed E-state index contributed by atoms with van der Waals surface area (Å²) in [6.07, 6.45) is 3.18. The minimum absolute atomic E-state index is 0. The summed E-state index contributed by atoms with van der Waals surface area (Å²) in [4.78, 5) is 13.3. The number of rotatable bonds is 6. The Morgan fingerprint density at radius 2 is 1.94 bits per heavy atom. The summed E-state index contributed by atoms with van der Waals surface area (Å²) < 4.78 is 1.62. The second-order valence-electron chi connectivity index (χ2n) is 7.20. The average molecular weight is 563 g/mol. The van der Waals surface area contributed by atoms with E-state index in [-0.39, 0.29) is 24.0 Å². The second kappa shape index (κ2) is 11.1. The first-order valence-corrected chi connectivity index (χ1v) is 11.1. The lowest BCUT2D eigenvalue weighted by Gasteiger charge is -2.35. The molecule has 0 amide bonds. The van der Waals surface area contributed by atoms with Crippen LogP contribution in [-0.4, -0.2) is 58.3 Å². The molecule has 168 valence electrons. The molecule has 32 heavy (non-hydrogen) atoms. The number of anilines is 2. The summed E-state index contributed by atoms with van der Waals surface area (Å²) in [5.74, 6) is 0.929. The Morgan fingerprint density at radius 3 is 2.59 bits per heavy atom. The lowest BCUT2D eigenvalue weighted by atomic mass is 10.1. The Morgan fingerprint density at radius 1 is 1.19 bits per heavy atom. The van der Waals surface area contributed by atoms with Crippen LogP contribution in [0.5, 0.6) is 0 Å². The largest absolute Gasteiger partial charge is 0.382 e. The summed E-state index contributed by atoms with van der Waals surface area (Å²) in [5.41, 5.74) is 14.3. The number of halogens is 1. The highest BCUT2D eigenvalue weighted by Crippen LogP contribution is 2.21. The first-order chi connectivity index (χ1) is 15.2. The van der Waals surface area contributed by atoms with Crippen LogP contribution in [0.4, 0.5) is 10.9 Å². The number of aromatic nitrogens is 3. The van der Waals surface area contributed by atoms with Gasteiger partial charge in [-0.1, -0.05) is 18.2 Å². The van der Waals surface area contributed by atoms with Crippen LogP contribution in [0.2, 0.25) is 0 Å². The summed E-state index contributed by atoms with van der Waals surface area (Å²) in [7, 11) is 0. The van der Waals surface area contributed by atoms with Crippen LogP contribution in [0.3, 0.4) is 0 Å². The van der Waals surface area contributed by atoms with Crippen molar-refractivity contribution in [2.24, 2.45) is 10.7 Å². The number of aryl methyl sites for hydroxylation is 1. The van der Waals surface area contributed by atoms with Crippen molar-refractivity contribution in [2.75, 3.05) is 43.4 Å². The molecular formula is C21H26IN9S. The molecule has 0 saturated carbocycles. The highest BCUT2D eigenvalue weighted by Gasteiger charge is 2.20. The Balaban J connectivity index is 0.00000289. The van der Waals surface area contributed by atoms with E-state index in [0.717, 1.165) is 43.4 Å². The minimum atomic E-state index is 0. The fourth-order valence-electron chi connectivity index (χ4n) is 3.58. The monoisotopic (exact) mass is 563 g/mol. The van der Waals surface area contributed by atoms with Crippen molar-refractivity contribution in [1.82, 2.24) is 19.7 Å². The fraction of sp³-hybridized carbons (Fsp3) is 0.333. The number of nitrogens with two attached hydrogens (primary N) is 2. The lowest BCUT2D eigenvalue weighted by Crippen LogP contribution is -2.51. The predicted octanol–water partition coefficient (Wildman–Crippen LogP) is 2.47. The summed E-state index contributed by atoms with van der Waals surface area (Å²) in [6.45, 7) is 3.98. The van der Waals surface area contributed by atoms with Crippen LogP contribution >= 0.6 is 35.3 Å². The maximum atomic E-state index is 9.52. The Labute approximate surface area is 208 Å². The van der Waals surface area contributed by atoms with Gasteiger partial charge in [-0.05, 0) is 25.0 Å². The van der Waals surface area contributed by atoms with Gasteiger partial charge in [0, 0.05) is 44.3 Å². The van der Waals surface area contributed by atoms with E-state index < -0.39 is 0 Å². The van der Waals surface area contributed by atoms with Crippen molar-refractivity contribution in [1.29, 1.82) is 5.26 Å². The zero-order valence-corrected chi connectivity index (χ0v) is 20.7. The van der Waals surface area contributed by atoms with Crippen LogP contribution in [-0.2, 0) is 6.42 Å². The third-order valence-electron chi connectivity index (χ3n) is 5.25. The molecule has 9 nitrogen and oxygen atoms in total. The first-order valence-electron chi connectivity index (χ1n) is 10.2. The Kier molecular flexibility index (Phi) is 8.29. The molecule has 1 aliphatic rings. The van der Waals surface area contributed by atoms with Gasteiger partial charge in [0.2, 0.25) is 0 Å². The van der Waals surface area contributed by atoms with E-state index in [9.17, 15) is 5.26 Å². The van der Waals surface area contributed by atoms with Gasteiger partial charge >= 0.3 is 0 Å². The molecule has 0 aliphatic carbocycles. The van der Waals surface area contributed by atoms with Crippen LogP contribution in [0.25, 0.3) is 5.69 Å². The van der Waals surface area contributed by atoms with Crippen LogP contribution in [0.15, 0.2) is 46.9 Å². The molecule has 0 radical (unpaired) electrons. The van der Waals surface area contributed by atoms with Gasteiger partial charge in [-0.25, -0.2) is 9.67 Å². The van der Waals surface area contributed by atoms with E-state index in [0.29, 0.717) is 36.0 Å². The number of aliphatic imine (C=N–C) groups is 1. The zero-order valence-electron chi connectivity index (χ0n) is 17.6. The number of hydrogen-bond acceptors (Lipinski definition) is 7. The van der Waals surface area contributed by atoms with Gasteiger partial charge in [-0.2, -0.15) is 10.4 Å². The molecule has 2 aromatic heterocycles. The second-order valence-corrected chi connectivity index (χ2v) is 8.07. The van der Waals surface area contributed by atoms with Gasteiger partial charge in [0.15, 0.2) is 11.1 Å². The van der Waals surface area contributed by atoms with Crippen LogP contribution in [0, 0.1) is 11.3 Å². The van der Waals surface area contributed by atoms with Gasteiger partial charge in [-0.3, -0.25) is 4.99 Å². The Hall–Kier alpha value is -2.85. The topological polar surface area (TPSA) is 125 Å². The number of piperazine rings is 1. The molecule has 0 bridgehead atoms. The van der Waals surface area contributed by atoms with E-state index in [1.807, 2.05) is 41.9 Å². The van der Waals surface area contributed by atoms with Crippen LogP contribution < -0.4 is 16.4 Å². The van der Waals surface area contributed by atoms with E-state index in [4.69, 9.17) is 11.5 Å². The Bertz CT molecular complexity index is 1060. The molecule has 0 spiro atoms.